The molecule has 1 atom stereocenters. The Morgan fingerprint density at radius 3 is 2.91 bits per heavy atom. The van der Waals surface area contributed by atoms with Gasteiger partial charge >= 0.3 is 0 Å². The molecule has 0 bridgehead atoms. The molecule has 3 N–H and O–H groups in total. The molecule has 126 valence electrons. The Kier molecular flexibility index (Phi) is 7.94. The third kappa shape index (κ3) is 5.78. The number of nitrogens with two attached hydrogens (primary N) is 1. The third-order valence-electron chi connectivity index (χ3n) is 3.00. The molecule has 0 saturated heterocycles. The second kappa shape index (κ2) is 9.44. The molecule has 1 heterocycles. The Morgan fingerprint density at radius 2 is 2.30 bits per heavy atom. The summed E-state index contributed by atoms with van der Waals surface area (Å²) >= 11 is 1.35. The van der Waals surface area contributed by atoms with E-state index >= 15 is 0 Å². The van der Waals surface area contributed by atoms with Gasteiger partial charge in [-0.3, -0.25) is 4.79 Å². The molecular formula is C15H19ClFN3O2S. The predicted molar refractivity (Wildman–Crippen MR) is 90.7 cm³/mol. The van der Waals surface area contributed by atoms with E-state index in [1.54, 1.807) is 17.5 Å². The second-order valence-corrected chi connectivity index (χ2v) is 5.59. The van der Waals surface area contributed by atoms with Gasteiger partial charge in [0.15, 0.2) is 0 Å². The lowest BCUT2D eigenvalue weighted by Gasteiger charge is -2.18. The average Bonchev–Trinajstić information content (AvgIpc) is 3.00. The summed E-state index contributed by atoms with van der Waals surface area (Å²) in [5.41, 5.74) is 5.82. The van der Waals surface area contributed by atoms with Gasteiger partial charge in [0.25, 0.3) is 5.91 Å². The number of amides is 1. The summed E-state index contributed by atoms with van der Waals surface area (Å²) in [5, 5.41) is 5.16. The van der Waals surface area contributed by atoms with Crippen molar-refractivity contribution in [2.45, 2.75) is 26.0 Å². The zero-order valence-corrected chi connectivity index (χ0v) is 14.3. The van der Waals surface area contributed by atoms with Crippen molar-refractivity contribution in [2.75, 3.05) is 6.54 Å². The van der Waals surface area contributed by atoms with Gasteiger partial charge in [0, 0.05) is 18.0 Å². The molecule has 8 heteroatoms. The van der Waals surface area contributed by atoms with Crippen molar-refractivity contribution in [3.05, 3.63) is 46.2 Å². The number of rotatable bonds is 7. The largest absolute Gasteiger partial charge is 0.489 e. The monoisotopic (exact) mass is 359 g/mol. The zero-order chi connectivity index (χ0) is 15.9. The first-order chi connectivity index (χ1) is 10.6. The number of nitrogens with one attached hydrogen (secondary N) is 1. The quantitative estimate of drug-likeness (QED) is 0.796. The summed E-state index contributed by atoms with van der Waals surface area (Å²) in [5.74, 6) is -0.175. The SMILES string of the molecule is CCC(CNC(=O)c1csc(CN)n1)Oc1cccc(F)c1.Cl. The van der Waals surface area contributed by atoms with E-state index in [4.69, 9.17) is 10.5 Å². The van der Waals surface area contributed by atoms with Crippen LogP contribution in [0.4, 0.5) is 4.39 Å². The Labute approximate surface area is 144 Å². The van der Waals surface area contributed by atoms with Crippen LogP contribution in [0.5, 0.6) is 5.75 Å². The molecule has 2 rings (SSSR count). The minimum Gasteiger partial charge on any atom is -0.489 e. The van der Waals surface area contributed by atoms with Crippen LogP contribution in [-0.4, -0.2) is 23.5 Å². The average molecular weight is 360 g/mol. The van der Waals surface area contributed by atoms with Crippen LogP contribution in [0.1, 0.15) is 28.8 Å². The number of nitrogens with zero attached hydrogens (tertiary/aromatic N) is 1. The van der Waals surface area contributed by atoms with Crippen LogP contribution in [0.25, 0.3) is 0 Å². The van der Waals surface area contributed by atoms with Gasteiger partial charge in [-0.2, -0.15) is 0 Å². The normalized spacial score (nSPS) is 11.4. The number of ether oxygens (including phenoxy) is 1. The summed E-state index contributed by atoms with van der Waals surface area (Å²) in [4.78, 5) is 16.1. The summed E-state index contributed by atoms with van der Waals surface area (Å²) in [6, 6.07) is 5.94. The van der Waals surface area contributed by atoms with Crippen molar-refractivity contribution in [1.29, 1.82) is 0 Å². The van der Waals surface area contributed by atoms with E-state index in [0.29, 0.717) is 36.0 Å². The highest BCUT2D eigenvalue weighted by Gasteiger charge is 2.14. The maximum atomic E-state index is 13.1. The number of benzene rings is 1. The lowest BCUT2D eigenvalue weighted by molar-refractivity contribution is 0.0921. The lowest BCUT2D eigenvalue weighted by Crippen LogP contribution is -2.35. The Balaban J connectivity index is 0.00000264. The van der Waals surface area contributed by atoms with Gasteiger partial charge in [-0.1, -0.05) is 13.0 Å². The molecule has 0 fully saturated rings. The predicted octanol–water partition coefficient (Wildman–Crippen LogP) is 2.75. The molecule has 0 spiro atoms. The van der Waals surface area contributed by atoms with Gasteiger partial charge in [0.05, 0.1) is 6.54 Å². The summed E-state index contributed by atoms with van der Waals surface area (Å²) in [6.45, 7) is 2.57. The number of thiazole rings is 1. The first-order valence-corrected chi connectivity index (χ1v) is 7.85. The molecule has 0 aliphatic carbocycles. The summed E-state index contributed by atoms with van der Waals surface area (Å²) in [6.07, 6.45) is 0.445. The van der Waals surface area contributed by atoms with Crippen molar-refractivity contribution in [1.82, 2.24) is 10.3 Å². The van der Waals surface area contributed by atoms with E-state index in [1.165, 1.54) is 23.5 Å². The summed E-state index contributed by atoms with van der Waals surface area (Å²) < 4.78 is 18.8. The fourth-order valence-corrected chi connectivity index (χ4v) is 2.46. The molecule has 1 unspecified atom stereocenters. The molecule has 0 aliphatic heterocycles. The standard InChI is InChI=1S/C15H18FN3O2S.ClH/c1-2-11(21-12-5-3-4-10(16)6-12)8-18-15(20)13-9-22-14(7-17)19-13;/h3-6,9,11H,2,7-8,17H2,1H3,(H,18,20);1H. The van der Waals surface area contributed by atoms with Gasteiger partial charge in [0.2, 0.25) is 0 Å². The maximum Gasteiger partial charge on any atom is 0.270 e. The molecule has 0 saturated carbocycles. The first-order valence-electron chi connectivity index (χ1n) is 6.97. The molecule has 0 radical (unpaired) electrons. The van der Waals surface area contributed by atoms with Crippen molar-refractivity contribution >= 4 is 29.7 Å². The molecule has 5 nitrogen and oxygen atoms in total. The second-order valence-electron chi connectivity index (χ2n) is 4.65. The van der Waals surface area contributed by atoms with Crippen molar-refractivity contribution < 1.29 is 13.9 Å². The van der Waals surface area contributed by atoms with Crippen molar-refractivity contribution in [2.24, 2.45) is 5.73 Å². The molecule has 23 heavy (non-hydrogen) atoms. The maximum absolute atomic E-state index is 13.1. The molecular weight excluding hydrogens is 341 g/mol. The highest BCUT2D eigenvalue weighted by atomic mass is 35.5. The number of hydrogen-bond acceptors (Lipinski definition) is 5. The zero-order valence-electron chi connectivity index (χ0n) is 12.6. The van der Waals surface area contributed by atoms with Crippen LogP contribution >= 0.6 is 23.7 Å². The fourth-order valence-electron chi connectivity index (χ4n) is 1.81. The Bertz CT molecular complexity index is 639. The highest BCUT2D eigenvalue weighted by molar-refractivity contribution is 7.09. The van der Waals surface area contributed by atoms with Crippen LogP contribution in [0.15, 0.2) is 29.6 Å². The van der Waals surface area contributed by atoms with E-state index in [2.05, 4.69) is 10.3 Å². The number of halogens is 2. The van der Waals surface area contributed by atoms with Crippen LogP contribution in [0, 0.1) is 5.82 Å². The topological polar surface area (TPSA) is 77.2 Å². The molecule has 1 aromatic heterocycles. The van der Waals surface area contributed by atoms with Gasteiger partial charge in [-0.05, 0) is 18.6 Å². The third-order valence-corrected chi connectivity index (χ3v) is 3.87. The minimum atomic E-state index is -0.354. The highest BCUT2D eigenvalue weighted by Crippen LogP contribution is 2.15. The number of hydrogen-bond donors (Lipinski definition) is 2. The van der Waals surface area contributed by atoms with E-state index in [1.807, 2.05) is 6.92 Å². The Hall–Kier alpha value is -1.70. The van der Waals surface area contributed by atoms with Gasteiger partial charge in [0.1, 0.15) is 28.4 Å². The van der Waals surface area contributed by atoms with Crippen LogP contribution < -0.4 is 15.8 Å². The number of aromatic nitrogens is 1. The van der Waals surface area contributed by atoms with E-state index in [0.717, 1.165) is 0 Å². The number of carbonyl (C=O) groups excluding carboxylic acids is 1. The van der Waals surface area contributed by atoms with Crippen LogP contribution in [-0.2, 0) is 6.54 Å². The minimum absolute atomic E-state index is 0. The number of carbonyl (C=O) groups is 1. The molecule has 0 aliphatic rings. The Morgan fingerprint density at radius 1 is 1.52 bits per heavy atom. The van der Waals surface area contributed by atoms with Crippen molar-refractivity contribution in [3.8, 4) is 5.75 Å². The van der Waals surface area contributed by atoms with Crippen LogP contribution in [0.3, 0.4) is 0 Å². The van der Waals surface area contributed by atoms with Crippen LogP contribution in [0.2, 0.25) is 0 Å². The van der Waals surface area contributed by atoms with E-state index < -0.39 is 0 Å². The van der Waals surface area contributed by atoms with Gasteiger partial charge < -0.3 is 15.8 Å². The fraction of sp³-hybridized carbons (Fsp3) is 0.333. The molecule has 2 aromatic rings. The smallest absolute Gasteiger partial charge is 0.270 e. The van der Waals surface area contributed by atoms with E-state index in [9.17, 15) is 9.18 Å². The van der Waals surface area contributed by atoms with Crippen molar-refractivity contribution in [3.63, 3.8) is 0 Å². The molecule has 1 amide bonds. The lowest BCUT2D eigenvalue weighted by atomic mass is 10.2. The molecule has 1 aromatic carbocycles. The van der Waals surface area contributed by atoms with Gasteiger partial charge in [-0.25, -0.2) is 9.37 Å². The van der Waals surface area contributed by atoms with Gasteiger partial charge in [-0.15, -0.1) is 23.7 Å². The summed E-state index contributed by atoms with van der Waals surface area (Å²) in [7, 11) is 0. The first kappa shape index (κ1) is 19.3. The van der Waals surface area contributed by atoms with E-state index in [-0.39, 0.29) is 30.2 Å².